The third-order valence-corrected chi connectivity index (χ3v) is 2.56. The number of hydrogen-bond donors (Lipinski definition) is 0. The highest BCUT2D eigenvalue weighted by Gasteiger charge is 2.05. The first kappa shape index (κ1) is 10.3. The summed E-state index contributed by atoms with van der Waals surface area (Å²) in [6, 6.07) is 10.8. The Bertz CT molecular complexity index is 495. The Balaban J connectivity index is 2.54. The van der Waals surface area contributed by atoms with E-state index in [1.165, 1.54) is 12.1 Å². The van der Waals surface area contributed by atoms with Crippen LogP contribution in [0.15, 0.2) is 46.9 Å². The van der Waals surface area contributed by atoms with E-state index in [1.807, 2.05) is 12.1 Å². The van der Waals surface area contributed by atoms with Crippen molar-refractivity contribution < 1.29 is 8.78 Å². The quantitative estimate of drug-likeness (QED) is 0.720. The van der Waals surface area contributed by atoms with Gasteiger partial charge in [0.2, 0.25) is 0 Å². The largest absolute Gasteiger partial charge is 0.207 e. The Morgan fingerprint density at radius 2 is 1.73 bits per heavy atom. The monoisotopic (exact) mass is 268 g/mol. The summed E-state index contributed by atoms with van der Waals surface area (Å²) in [5.74, 6) is -1.11. The molecule has 0 saturated heterocycles. The van der Waals surface area contributed by atoms with Gasteiger partial charge >= 0.3 is 0 Å². The zero-order chi connectivity index (χ0) is 10.8. The first-order chi connectivity index (χ1) is 7.16. The lowest BCUT2D eigenvalue weighted by Gasteiger charge is -2.03. The van der Waals surface area contributed by atoms with Crippen molar-refractivity contribution in [3.63, 3.8) is 0 Å². The predicted octanol–water partition coefficient (Wildman–Crippen LogP) is 4.39. The van der Waals surface area contributed by atoms with Crippen LogP contribution in [0.25, 0.3) is 11.1 Å². The fourth-order valence-corrected chi connectivity index (χ4v) is 1.78. The molecule has 0 spiro atoms. The summed E-state index contributed by atoms with van der Waals surface area (Å²) in [6.07, 6.45) is 0. The van der Waals surface area contributed by atoms with Crippen molar-refractivity contribution in [3.8, 4) is 11.1 Å². The summed E-state index contributed by atoms with van der Waals surface area (Å²) < 4.78 is 27.0. The molecule has 76 valence electrons. The molecule has 0 N–H and O–H groups in total. The fourth-order valence-electron chi connectivity index (χ4n) is 1.38. The molecule has 2 aromatic rings. The summed E-state index contributed by atoms with van der Waals surface area (Å²) in [5, 5.41) is 0. The minimum absolute atomic E-state index is 0.401. The van der Waals surface area contributed by atoms with Gasteiger partial charge < -0.3 is 0 Å². The smallest absolute Gasteiger partial charge is 0.133 e. The Kier molecular flexibility index (Phi) is 2.82. The molecule has 0 aromatic heterocycles. The van der Waals surface area contributed by atoms with Crippen molar-refractivity contribution in [1.29, 1.82) is 0 Å². The molecule has 2 aromatic carbocycles. The average molecular weight is 269 g/mol. The van der Waals surface area contributed by atoms with E-state index in [1.54, 1.807) is 12.1 Å². The molecule has 0 aliphatic rings. The number of hydrogen-bond acceptors (Lipinski definition) is 0. The molecular weight excluding hydrogens is 262 g/mol. The van der Waals surface area contributed by atoms with Gasteiger partial charge in [0.25, 0.3) is 0 Å². The predicted molar refractivity (Wildman–Crippen MR) is 59.5 cm³/mol. The second-order valence-electron chi connectivity index (χ2n) is 3.13. The van der Waals surface area contributed by atoms with E-state index in [2.05, 4.69) is 15.9 Å². The summed E-state index contributed by atoms with van der Waals surface area (Å²) in [5.41, 5.74) is 1.12. The van der Waals surface area contributed by atoms with Crippen LogP contribution in [0.4, 0.5) is 8.78 Å². The van der Waals surface area contributed by atoms with Gasteiger partial charge in [-0.1, -0.05) is 28.1 Å². The molecule has 2 rings (SSSR count). The first-order valence-corrected chi connectivity index (χ1v) is 5.17. The molecule has 0 fully saturated rings. The molecule has 0 saturated carbocycles. The van der Waals surface area contributed by atoms with Gasteiger partial charge in [-0.05, 0) is 29.8 Å². The summed E-state index contributed by atoms with van der Waals surface area (Å²) in [6.45, 7) is 0. The molecule has 0 aliphatic heterocycles. The molecule has 0 nitrogen and oxygen atoms in total. The lowest BCUT2D eigenvalue weighted by Crippen LogP contribution is -1.85. The maximum Gasteiger partial charge on any atom is 0.133 e. The summed E-state index contributed by atoms with van der Waals surface area (Å²) >= 11 is 3.30. The second-order valence-corrected chi connectivity index (χ2v) is 4.05. The van der Waals surface area contributed by atoms with Gasteiger partial charge in [0.05, 0.1) is 0 Å². The van der Waals surface area contributed by atoms with Gasteiger partial charge in [-0.25, -0.2) is 8.78 Å². The van der Waals surface area contributed by atoms with E-state index in [-0.39, 0.29) is 0 Å². The van der Waals surface area contributed by atoms with E-state index in [0.29, 0.717) is 5.56 Å². The zero-order valence-electron chi connectivity index (χ0n) is 7.68. The third-order valence-electron chi connectivity index (χ3n) is 2.07. The van der Waals surface area contributed by atoms with Crippen LogP contribution in [0.5, 0.6) is 0 Å². The molecule has 3 heteroatoms. The van der Waals surface area contributed by atoms with Crippen molar-refractivity contribution in [1.82, 2.24) is 0 Å². The Morgan fingerprint density at radius 3 is 2.40 bits per heavy atom. The highest BCUT2D eigenvalue weighted by atomic mass is 79.9. The Morgan fingerprint density at radius 1 is 0.933 bits per heavy atom. The van der Waals surface area contributed by atoms with Gasteiger partial charge in [-0.2, -0.15) is 0 Å². The number of benzene rings is 2. The lowest BCUT2D eigenvalue weighted by atomic mass is 10.1. The van der Waals surface area contributed by atoms with Crippen molar-refractivity contribution in [2.45, 2.75) is 0 Å². The van der Waals surface area contributed by atoms with Crippen molar-refractivity contribution in [2.75, 3.05) is 0 Å². The highest BCUT2D eigenvalue weighted by Crippen LogP contribution is 2.25. The van der Waals surface area contributed by atoms with Gasteiger partial charge in [0, 0.05) is 16.1 Å². The van der Waals surface area contributed by atoms with Crippen LogP contribution in [0.1, 0.15) is 0 Å². The van der Waals surface area contributed by atoms with Crippen LogP contribution < -0.4 is 0 Å². The van der Waals surface area contributed by atoms with Crippen LogP contribution in [-0.2, 0) is 0 Å². The van der Waals surface area contributed by atoms with E-state index in [9.17, 15) is 8.78 Å². The molecule has 0 heterocycles. The maximum atomic E-state index is 13.4. The normalized spacial score (nSPS) is 10.3. The number of halogens is 3. The third kappa shape index (κ3) is 2.23. The van der Waals surface area contributed by atoms with Crippen molar-refractivity contribution in [3.05, 3.63) is 58.6 Å². The second kappa shape index (κ2) is 4.11. The molecule has 15 heavy (non-hydrogen) atoms. The minimum Gasteiger partial charge on any atom is -0.207 e. The standard InChI is InChI=1S/C12H7BrF2/c13-9-3-1-2-8(6-9)11-5-4-10(14)7-12(11)15/h1-7H. The fraction of sp³-hybridized carbons (Fsp3) is 0. The topological polar surface area (TPSA) is 0 Å². The lowest BCUT2D eigenvalue weighted by molar-refractivity contribution is 0.585. The molecule has 0 radical (unpaired) electrons. The van der Waals surface area contributed by atoms with Gasteiger partial charge in [-0.15, -0.1) is 0 Å². The van der Waals surface area contributed by atoms with Gasteiger partial charge in [0.1, 0.15) is 11.6 Å². The SMILES string of the molecule is Fc1ccc(-c2cccc(Br)c2)c(F)c1. The van der Waals surface area contributed by atoms with Crippen LogP contribution in [0, 0.1) is 11.6 Å². The van der Waals surface area contributed by atoms with E-state index < -0.39 is 11.6 Å². The van der Waals surface area contributed by atoms with Crippen LogP contribution in [-0.4, -0.2) is 0 Å². The molecule has 0 aliphatic carbocycles. The minimum atomic E-state index is -0.564. The zero-order valence-corrected chi connectivity index (χ0v) is 9.26. The van der Waals surface area contributed by atoms with Crippen LogP contribution in [0.2, 0.25) is 0 Å². The van der Waals surface area contributed by atoms with Crippen molar-refractivity contribution in [2.24, 2.45) is 0 Å². The highest BCUT2D eigenvalue weighted by molar-refractivity contribution is 9.10. The Labute approximate surface area is 94.7 Å². The molecular formula is C12H7BrF2. The number of rotatable bonds is 1. The first-order valence-electron chi connectivity index (χ1n) is 4.38. The summed E-state index contributed by atoms with van der Waals surface area (Å²) in [4.78, 5) is 0. The van der Waals surface area contributed by atoms with Crippen LogP contribution >= 0.6 is 15.9 Å². The summed E-state index contributed by atoms with van der Waals surface area (Å²) in [7, 11) is 0. The van der Waals surface area contributed by atoms with Crippen LogP contribution in [0.3, 0.4) is 0 Å². The molecule has 0 atom stereocenters. The molecule has 0 amide bonds. The van der Waals surface area contributed by atoms with E-state index >= 15 is 0 Å². The van der Waals surface area contributed by atoms with E-state index in [0.717, 1.165) is 16.1 Å². The Hall–Kier alpha value is -1.22. The maximum absolute atomic E-state index is 13.4. The molecule has 0 unspecified atom stereocenters. The average Bonchev–Trinajstić information content (AvgIpc) is 2.17. The van der Waals surface area contributed by atoms with E-state index in [4.69, 9.17) is 0 Å². The van der Waals surface area contributed by atoms with Gasteiger partial charge in [-0.3, -0.25) is 0 Å². The van der Waals surface area contributed by atoms with Gasteiger partial charge in [0.15, 0.2) is 0 Å². The van der Waals surface area contributed by atoms with Crippen molar-refractivity contribution >= 4 is 15.9 Å². The molecule has 0 bridgehead atoms.